The van der Waals surface area contributed by atoms with Gasteiger partial charge in [-0.1, -0.05) is 11.8 Å². The van der Waals surface area contributed by atoms with Gasteiger partial charge >= 0.3 is 11.9 Å². The molecule has 0 aromatic carbocycles. The van der Waals surface area contributed by atoms with Crippen LogP contribution < -0.4 is 0 Å². The SMILES string of the molecule is CC(C#CCOC(=O)CS)OC(=O)CS. The Hall–Kier alpha value is -0.800. The highest BCUT2D eigenvalue weighted by atomic mass is 32.1. The lowest BCUT2D eigenvalue weighted by atomic mass is 10.4. The lowest BCUT2D eigenvalue weighted by Gasteiger charge is -2.04. The van der Waals surface area contributed by atoms with Crippen LogP contribution in [-0.4, -0.2) is 36.2 Å². The normalized spacial score (nSPS) is 10.9. The molecule has 0 heterocycles. The molecule has 0 aliphatic heterocycles. The minimum Gasteiger partial charge on any atom is -0.452 e. The Bertz CT molecular complexity index is 280. The molecule has 0 N–H and O–H groups in total. The Morgan fingerprint density at radius 3 is 2.40 bits per heavy atom. The second kappa shape index (κ2) is 8.50. The number of carbonyl (C=O) groups excluding carboxylic acids is 2. The van der Waals surface area contributed by atoms with Gasteiger partial charge in [-0.05, 0) is 6.92 Å². The van der Waals surface area contributed by atoms with Gasteiger partial charge in [-0.25, -0.2) is 0 Å². The fourth-order valence-corrected chi connectivity index (χ4v) is 0.777. The minimum absolute atomic E-state index is 0.0145. The second-order valence-electron chi connectivity index (χ2n) is 2.43. The summed E-state index contributed by atoms with van der Waals surface area (Å²) in [5.41, 5.74) is 0. The summed E-state index contributed by atoms with van der Waals surface area (Å²) in [4.78, 5) is 21.4. The van der Waals surface area contributed by atoms with E-state index in [-0.39, 0.29) is 18.1 Å². The van der Waals surface area contributed by atoms with E-state index < -0.39 is 18.0 Å². The first-order valence-corrected chi connectivity index (χ1v) is 5.41. The van der Waals surface area contributed by atoms with E-state index in [2.05, 4.69) is 41.8 Å². The number of hydrogen-bond acceptors (Lipinski definition) is 6. The van der Waals surface area contributed by atoms with Crippen LogP contribution >= 0.6 is 25.3 Å². The highest BCUT2D eigenvalue weighted by molar-refractivity contribution is 7.81. The number of ether oxygens (including phenoxy) is 2. The van der Waals surface area contributed by atoms with E-state index in [0.29, 0.717) is 0 Å². The molecule has 0 aromatic rings. The van der Waals surface area contributed by atoms with Crippen LogP contribution in [0.25, 0.3) is 0 Å². The van der Waals surface area contributed by atoms with E-state index in [1.165, 1.54) is 0 Å². The van der Waals surface area contributed by atoms with Crippen LogP contribution in [0.3, 0.4) is 0 Å². The fraction of sp³-hybridized carbons (Fsp3) is 0.556. The monoisotopic (exact) mass is 248 g/mol. The summed E-state index contributed by atoms with van der Waals surface area (Å²) in [5, 5.41) is 0. The Balaban J connectivity index is 3.76. The van der Waals surface area contributed by atoms with E-state index in [1.54, 1.807) is 6.92 Å². The maximum absolute atomic E-state index is 10.7. The lowest BCUT2D eigenvalue weighted by Crippen LogP contribution is -2.14. The molecule has 0 rings (SSSR count). The Labute approximate surface area is 99.5 Å². The highest BCUT2D eigenvalue weighted by Crippen LogP contribution is 1.91. The molecule has 0 amide bonds. The molecule has 84 valence electrons. The molecule has 15 heavy (non-hydrogen) atoms. The van der Waals surface area contributed by atoms with E-state index >= 15 is 0 Å². The smallest absolute Gasteiger partial charge is 0.316 e. The van der Waals surface area contributed by atoms with Gasteiger partial charge in [0.15, 0.2) is 12.7 Å². The van der Waals surface area contributed by atoms with Gasteiger partial charge in [0.2, 0.25) is 0 Å². The van der Waals surface area contributed by atoms with Crippen LogP contribution in [0.15, 0.2) is 0 Å². The third-order valence-electron chi connectivity index (χ3n) is 1.18. The molecule has 0 fully saturated rings. The van der Waals surface area contributed by atoms with Crippen molar-refractivity contribution in [3.8, 4) is 11.8 Å². The molecular formula is C9H12O4S2. The summed E-state index contributed by atoms with van der Waals surface area (Å²) in [5.74, 6) is 4.31. The number of esters is 2. The standard InChI is InChI=1S/C9H12O4S2/c1-7(13-9(11)6-15)3-2-4-12-8(10)5-14/h7,14-15H,4-6H2,1H3. The van der Waals surface area contributed by atoms with Crippen LogP contribution in [0, 0.1) is 11.8 Å². The molecule has 0 spiro atoms. The zero-order valence-corrected chi connectivity index (χ0v) is 10.0. The van der Waals surface area contributed by atoms with Crippen LogP contribution in [0.2, 0.25) is 0 Å². The molecule has 0 saturated carbocycles. The maximum Gasteiger partial charge on any atom is 0.316 e. The zero-order chi connectivity index (χ0) is 11.7. The third-order valence-corrected chi connectivity index (χ3v) is 1.69. The van der Waals surface area contributed by atoms with Gasteiger partial charge in [0, 0.05) is 0 Å². The molecule has 0 bridgehead atoms. The quantitative estimate of drug-likeness (QED) is 0.427. The molecule has 0 saturated heterocycles. The van der Waals surface area contributed by atoms with E-state index in [0.717, 1.165) is 0 Å². The number of rotatable bonds is 4. The van der Waals surface area contributed by atoms with Gasteiger partial charge in [-0.15, -0.1) is 0 Å². The van der Waals surface area contributed by atoms with Crippen molar-refractivity contribution in [3.05, 3.63) is 0 Å². The topological polar surface area (TPSA) is 52.6 Å². The summed E-state index contributed by atoms with van der Waals surface area (Å²) >= 11 is 7.45. The molecule has 0 radical (unpaired) electrons. The molecule has 1 atom stereocenters. The molecule has 0 aliphatic rings. The molecule has 4 nitrogen and oxygen atoms in total. The second-order valence-corrected chi connectivity index (χ2v) is 3.06. The molecule has 0 aliphatic carbocycles. The Morgan fingerprint density at radius 1 is 1.27 bits per heavy atom. The molecular weight excluding hydrogens is 236 g/mol. The first-order valence-electron chi connectivity index (χ1n) is 4.15. The first-order chi connectivity index (χ1) is 7.10. The number of thiol groups is 2. The van der Waals surface area contributed by atoms with Crippen molar-refractivity contribution < 1.29 is 19.1 Å². The van der Waals surface area contributed by atoms with Gasteiger partial charge in [0.05, 0.1) is 11.5 Å². The summed E-state index contributed by atoms with van der Waals surface area (Å²) in [6.45, 7) is 1.59. The first kappa shape index (κ1) is 14.2. The van der Waals surface area contributed by atoms with Crippen molar-refractivity contribution in [2.45, 2.75) is 13.0 Å². The summed E-state index contributed by atoms with van der Waals surface area (Å²) in [7, 11) is 0. The predicted molar refractivity (Wildman–Crippen MR) is 62.0 cm³/mol. The van der Waals surface area contributed by atoms with E-state index in [4.69, 9.17) is 4.74 Å². The highest BCUT2D eigenvalue weighted by Gasteiger charge is 2.03. The van der Waals surface area contributed by atoms with Crippen molar-refractivity contribution in [1.82, 2.24) is 0 Å². The number of hydrogen-bond donors (Lipinski definition) is 2. The van der Waals surface area contributed by atoms with Gasteiger partial charge in [-0.2, -0.15) is 25.3 Å². The molecule has 1 unspecified atom stereocenters. The lowest BCUT2D eigenvalue weighted by molar-refractivity contribution is -0.142. The Kier molecular flexibility index (Phi) is 8.05. The Morgan fingerprint density at radius 2 is 1.87 bits per heavy atom. The molecule has 0 aromatic heterocycles. The van der Waals surface area contributed by atoms with Gasteiger partial charge in [0.1, 0.15) is 0 Å². The van der Waals surface area contributed by atoms with Crippen molar-refractivity contribution in [2.24, 2.45) is 0 Å². The van der Waals surface area contributed by atoms with Crippen LogP contribution in [0.5, 0.6) is 0 Å². The summed E-state index contributed by atoms with van der Waals surface area (Å²) in [6, 6.07) is 0. The van der Waals surface area contributed by atoms with Gasteiger partial charge < -0.3 is 9.47 Å². The average molecular weight is 248 g/mol. The van der Waals surface area contributed by atoms with Crippen LogP contribution in [0.1, 0.15) is 6.92 Å². The van der Waals surface area contributed by atoms with Crippen LogP contribution in [-0.2, 0) is 19.1 Å². The van der Waals surface area contributed by atoms with Crippen molar-refractivity contribution in [2.75, 3.05) is 18.1 Å². The van der Waals surface area contributed by atoms with Crippen LogP contribution in [0.4, 0.5) is 0 Å². The largest absolute Gasteiger partial charge is 0.452 e. The van der Waals surface area contributed by atoms with Crippen molar-refractivity contribution in [3.63, 3.8) is 0 Å². The van der Waals surface area contributed by atoms with E-state index in [9.17, 15) is 9.59 Å². The van der Waals surface area contributed by atoms with Gasteiger partial charge in [0.25, 0.3) is 0 Å². The van der Waals surface area contributed by atoms with Crippen molar-refractivity contribution >= 4 is 37.2 Å². The number of carbonyl (C=O) groups is 2. The van der Waals surface area contributed by atoms with Crippen molar-refractivity contribution in [1.29, 1.82) is 0 Å². The van der Waals surface area contributed by atoms with E-state index in [1.807, 2.05) is 0 Å². The van der Waals surface area contributed by atoms with Gasteiger partial charge in [-0.3, -0.25) is 9.59 Å². The predicted octanol–water partition coefficient (Wildman–Crippen LogP) is 0.324. The fourth-order valence-electron chi connectivity index (χ4n) is 0.612. The zero-order valence-electron chi connectivity index (χ0n) is 8.23. The summed E-state index contributed by atoms with van der Waals surface area (Å²) in [6.07, 6.45) is -0.528. The maximum atomic E-state index is 10.7. The molecule has 6 heteroatoms. The minimum atomic E-state index is -0.528. The third kappa shape index (κ3) is 8.21. The average Bonchev–Trinajstić information content (AvgIpc) is 2.23. The summed E-state index contributed by atoms with van der Waals surface area (Å²) < 4.78 is 9.42.